The summed E-state index contributed by atoms with van der Waals surface area (Å²) in [7, 11) is 0. The quantitative estimate of drug-likeness (QED) is 0.749. The highest BCUT2D eigenvalue weighted by molar-refractivity contribution is 5.87. The Morgan fingerprint density at radius 2 is 2.06 bits per heavy atom. The molecule has 94 valence electrons. The summed E-state index contributed by atoms with van der Waals surface area (Å²) >= 11 is 0. The van der Waals surface area contributed by atoms with Gasteiger partial charge in [-0.1, -0.05) is 0 Å². The summed E-state index contributed by atoms with van der Waals surface area (Å²) in [6.45, 7) is 2.73. The Bertz CT molecular complexity index is 572. The molecule has 7 heteroatoms. The molecule has 0 radical (unpaired) electrons. The molecular formula is C11H14N6O. The first-order valence-electron chi connectivity index (χ1n) is 5.83. The Balaban J connectivity index is 1.84. The lowest BCUT2D eigenvalue weighted by Crippen LogP contribution is -2.50. The molecule has 0 bridgehead atoms. The minimum Gasteiger partial charge on any atom is -0.352 e. The second-order valence-corrected chi connectivity index (χ2v) is 4.25. The minimum absolute atomic E-state index is 0.357. The van der Waals surface area contributed by atoms with Crippen molar-refractivity contribution in [3.05, 3.63) is 18.6 Å². The standard InChI is InChI=1S/C11H14N6O/c12-11(18)17-5-3-16(4-6-17)10-8-1-2-13-9(8)14-7-15-10/h1-2,7H,3-6H2,(H2,12,18)(H,13,14,15). The molecule has 1 saturated heterocycles. The monoisotopic (exact) mass is 246 g/mol. The maximum absolute atomic E-state index is 11.1. The lowest BCUT2D eigenvalue weighted by molar-refractivity contribution is 0.204. The van der Waals surface area contributed by atoms with E-state index in [9.17, 15) is 4.79 Å². The number of aromatic amines is 1. The fourth-order valence-corrected chi connectivity index (χ4v) is 2.25. The molecule has 0 spiro atoms. The SMILES string of the molecule is NC(=O)N1CCN(c2ncnc3[nH]ccc23)CC1. The number of carbonyl (C=O) groups is 1. The normalized spacial score (nSPS) is 16.2. The van der Waals surface area contributed by atoms with Gasteiger partial charge in [-0.05, 0) is 6.07 Å². The zero-order chi connectivity index (χ0) is 12.5. The molecule has 7 nitrogen and oxygen atoms in total. The van der Waals surface area contributed by atoms with E-state index in [-0.39, 0.29) is 6.03 Å². The molecule has 0 unspecified atom stereocenters. The van der Waals surface area contributed by atoms with Gasteiger partial charge in [0.25, 0.3) is 0 Å². The van der Waals surface area contributed by atoms with Gasteiger partial charge < -0.3 is 20.5 Å². The highest BCUT2D eigenvalue weighted by atomic mass is 16.2. The van der Waals surface area contributed by atoms with Gasteiger partial charge in [0.15, 0.2) is 0 Å². The number of aromatic nitrogens is 3. The third-order valence-corrected chi connectivity index (χ3v) is 3.22. The van der Waals surface area contributed by atoms with Gasteiger partial charge in [-0.25, -0.2) is 14.8 Å². The number of amides is 2. The molecule has 18 heavy (non-hydrogen) atoms. The first kappa shape index (κ1) is 10.8. The molecule has 2 amide bonds. The van der Waals surface area contributed by atoms with Crippen LogP contribution >= 0.6 is 0 Å². The van der Waals surface area contributed by atoms with Crippen molar-refractivity contribution in [2.24, 2.45) is 5.73 Å². The van der Waals surface area contributed by atoms with Crippen LogP contribution in [0.3, 0.4) is 0 Å². The number of rotatable bonds is 1. The van der Waals surface area contributed by atoms with Crippen molar-refractivity contribution in [3.8, 4) is 0 Å². The summed E-state index contributed by atoms with van der Waals surface area (Å²) in [4.78, 5) is 26.4. The third-order valence-electron chi connectivity index (χ3n) is 3.22. The highest BCUT2D eigenvalue weighted by Gasteiger charge is 2.21. The number of nitrogens with one attached hydrogen (secondary N) is 1. The van der Waals surface area contributed by atoms with Crippen LogP contribution < -0.4 is 10.6 Å². The van der Waals surface area contributed by atoms with Crippen molar-refractivity contribution in [1.29, 1.82) is 0 Å². The molecular weight excluding hydrogens is 232 g/mol. The first-order chi connectivity index (χ1) is 8.75. The predicted octanol–water partition coefficient (Wildman–Crippen LogP) is 0.159. The molecule has 0 atom stereocenters. The second-order valence-electron chi connectivity index (χ2n) is 4.25. The fraction of sp³-hybridized carbons (Fsp3) is 0.364. The lowest BCUT2D eigenvalue weighted by atomic mass is 10.3. The molecule has 3 rings (SSSR count). The van der Waals surface area contributed by atoms with Crippen molar-refractivity contribution in [1.82, 2.24) is 19.9 Å². The lowest BCUT2D eigenvalue weighted by Gasteiger charge is -2.34. The number of urea groups is 1. The highest BCUT2D eigenvalue weighted by Crippen LogP contribution is 2.22. The van der Waals surface area contributed by atoms with Crippen LogP contribution in [0.2, 0.25) is 0 Å². The third kappa shape index (κ3) is 1.73. The average Bonchev–Trinajstić information content (AvgIpc) is 2.87. The molecule has 1 aliphatic rings. The molecule has 3 heterocycles. The van der Waals surface area contributed by atoms with Crippen LogP contribution in [0, 0.1) is 0 Å². The van der Waals surface area contributed by atoms with Gasteiger partial charge in [-0.3, -0.25) is 0 Å². The molecule has 2 aromatic heterocycles. The number of hydrogen-bond donors (Lipinski definition) is 2. The number of H-pyrrole nitrogens is 1. The Kier molecular flexibility index (Phi) is 2.51. The Morgan fingerprint density at radius 1 is 1.28 bits per heavy atom. The molecule has 2 aromatic rings. The number of primary amides is 1. The van der Waals surface area contributed by atoms with Crippen LogP contribution in [0.4, 0.5) is 10.6 Å². The van der Waals surface area contributed by atoms with E-state index < -0.39 is 0 Å². The van der Waals surface area contributed by atoms with Crippen LogP contribution in [-0.4, -0.2) is 52.1 Å². The molecule has 3 N–H and O–H groups in total. The van der Waals surface area contributed by atoms with Gasteiger partial charge in [0.1, 0.15) is 17.8 Å². The number of carbonyl (C=O) groups excluding carboxylic acids is 1. The predicted molar refractivity (Wildman–Crippen MR) is 67.3 cm³/mol. The fourth-order valence-electron chi connectivity index (χ4n) is 2.25. The summed E-state index contributed by atoms with van der Waals surface area (Å²) in [5.41, 5.74) is 6.09. The first-order valence-corrected chi connectivity index (χ1v) is 5.83. The van der Waals surface area contributed by atoms with Crippen molar-refractivity contribution < 1.29 is 4.79 Å². The van der Waals surface area contributed by atoms with Crippen LogP contribution in [-0.2, 0) is 0 Å². The van der Waals surface area contributed by atoms with Gasteiger partial charge in [0, 0.05) is 32.4 Å². The summed E-state index contributed by atoms with van der Waals surface area (Å²) in [6, 6.07) is 1.61. The van der Waals surface area contributed by atoms with Crippen LogP contribution in [0.15, 0.2) is 18.6 Å². The summed E-state index contributed by atoms with van der Waals surface area (Å²) < 4.78 is 0. The zero-order valence-electron chi connectivity index (χ0n) is 9.83. The number of nitrogens with two attached hydrogens (primary N) is 1. The molecule has 1 aliphatic heterocycles. The average molecular weight is 246 g/mol. The van der Waals surface area contributed by atoms with Crippen LogP contribution in [0.5, 0.6) is 0 Å². The van der Waals surface area contributed by atoms with E-state index in [1.54, 1.807) is 11.2 Å². The van der Waals surface area contributed by atoms with Gasteiger partial charge in [0.05, 0.1) is 5.39 Å². The van der Waals surface area contributed by atoms with Crippen LogP contribution in [0.1, 0.15) is 0 Å². The zero-order valence-corrected chi connectivity index (χ0v) is 9.83. The number of fused-ring (bicyclic) bond motifs is 1. The maximum atomic E-state index is 11.1. The van der Waals surface area contributed by atoms with Crippen LogP contribution in [0.25, 0.3) is 11.0 Å². The van der Waals surface area contributed by atoms with E-state index in [4.69, 9.17) is 5.73 Å². The van der Waals surface area contributed by atoms with E-state index in [1.807, 2.05) is 12.3 Å². The Hall–Kier alpha value is -2.31. The topological polar surface area (TPSA) is 91.1 Å². The molecule has 0 saturated carbocycles. The Morgan fingerprint density at radius 3 is 2.78 bits per heavy atom. The van der Waals surface area contributed by atoms with E-state index in [0.29, 0.717) is 13.1 Å². The van der Waals surface area contributed by atoms with E-state index >= 15 is 0 Å². The van der Waals surface area contributed by atoms with E-state index in [1.165, 1.54) is 0 Å². The maximum Gasteiger partial charge on any atom is 0.314 e. The van der Waals surface area contributed by atoms with Gasteiger partial charge in [0.2, 0.25) is 0 Å². The largest absolute Gasteiger partial charge is 0.352 e. The number of piperazine rings is 1. The van der Waals surface area contributed by atoms with Gasteiger partial charge >= 0.3 is 6.03 Å². The van der Waals surface area contributed by atoms with Gasteiger partial charge in [-0.2, -0.15) is 0 Å². The second kappa shape index (κ2) is 4.17. The molecule has 0 aromatic carbocycles. The summed E-state index contributed by atoms with van der Waals surface area (Å²) in [6.07, 6.45) is 3.40. The summed E-state index contributed by atoms with van der Waals surface area (Å²) in [5.74, 6) is 0.908. The smallest absolute Gasteiger partial charge is 0.314 e. The van der Waals surface area contributed by atoms with Crippen molar-refractivity contribution >= 4 is 22.9 Å². The minimum atomic E-state index is -0.357. The number of hydrogen-bond acceptors (Lipinski definition) is 4. The Labute approximate surface area is 104 Å². The number of anilines is 1. The summed E-state index contributed by atoms with van der Waals surface area (Å²) in [5, 5.41) is 1.00. The van der Waals surface area contributed by atoms with Gasteiger partial charge in [-0.15, -0.1) is 0 Å². The van der Waals surface area contributed by atoms with E-state index in [2.05, 4.69) is 19.9 Å². The molecule has 0 aliphatic carbocycles. The number of nitrogens with zero attached hydrogens (tertiary/aromatic N) is 4. The van der Waals surface area contributed by atoms with Crippen molar-refractivity contribution in [2.45, 2.75) is 0 Å². The molecule has 1 fully saturated rings. The van der Waals surface area contributed by atoms with Crippen molar-refractivity contribution in [3.63, 3.8) is 0 Å². The van der Waals surface area contributed by atoms with E-state index in [0.717, 1.165) is 29.9 Å². The van der Waals surface area contributed by atoms with Crippen molar-refractivity contribution in [2.75, 3.05) is 31.1 Å².